The second-order valence-electron chi connectivity index (χ2n) is 5.78. The third kappa shape index (κ3) is 2.83. The molecule has 1 fully saturated rings. The van der Waals surface area contributed by atoms with Crippen LogP contribution < -0.4 is 0 Å². The standard InChI is InChI=1S/C15H22FNO/c1-10-6-11(2)9-17(8-10)12(3)14-5-4-13(16)7-15(14)18/h4-5,7,10-12,18H,6,8-9H2,1-3H3. The Morgan fingerprint density at radius 2 is 1.89 bits per heavy atom. The number of phenols is 1. The van der Waals surface area contributed by atoms with Gasteiger partial charge in [0.05, 0.1) is 0 Å². The lowest BCUT2D eigenvalue weighted by molar-refractivity contribution is 0.102. The van der Waals surface area contributed by atoms with Crippen LogP contribution in [0.4, 0.5) is 4.39 Å². The summed E-state index contributed by atoms with van der Waals surface area (Å²) in [5.74, 6) is 1.04. The van der Waals surface area contributed by atoms with Crippen molar-refractivity contribution in [2.24, 2.45) is 11.8 Å². The average Bonchev–Trinajstić information content (AvgIpc) is 2.26. The van der Waals surface area contributed by atoms with Crippen molar-refractivity contribution in [2.45, 2.75) is 33.2 Å². The Morgan fingerprint density at radius 1 is 1.28 bits per heavy atom. The van der Waals surface area contributed by atoms with E-state index in [-0.39, 0.29) is 17.6 Å². The normalized spacial score (nSPS) is 27.1. The molecule has 0 spiro atoms. The van der Waals surface area contributed by atoms with Gasteiger partial charge in [-0.15, -0.1) is 0 Å². The summed E-state index contributed by atoms with van der Waals surface area (Å²) in [5.41, 5.74) is 0.817. The first-order valence-electron chi connectivity index (χ1n) is 6.69. The predicted molar refractivity (Wildman–Crippen MR) is 71.0 cm³/mol. The van der Waals surface area contributed by atoms with Crippen LogP contribution in [0.3, 0.4) is 0 Å². The van der Waals surface area contributed by atoms with Crippen LogP contribution in [0, 0.1) is 17.7 Å². The Kier molecular flexibility index (Phi) is 3.91. The van der Waals surface area contributed by atoms with Crippen molar-refractivity contribution in [3.63, 3.8) is 0 Å². The molecular formula is C15H22FNO. The van der Waals surface area contributed by atoms with E-state index in [4.69, 9.17) is 0 Å². The van der Waals surface area contributed by atoms with E-state index >= 15 is 0 Å². The summed E-state index contributed by atoms with van der Waals surface area (Å²) in [6, 6.07) is 4.44. The van der Waals surface area contributed by atoms with Crippen molar-refractivity contribution in [2.75, 3.05) is 13.1 Å². The summed E-state index contributed by atoms with van der Waals surface area (Å²) in [4.78, 5) is 2.38. The Labute approximate surface area is 108 Å². The third-order valence-corrected chi connectivity index (χ3v) is 3.89. The monoisotopic (exact) mass is 251 g/mol. The van der Waals surface area contributed by atoms with Crippen LogP contribution in [0.5, 0.6) is 5.75 Å². The number of phenolic OH excluding ortho intramolecular Hbond substituents is 1. The molecule has 0 bridgehead atoms. The van der Waals surface area contributed by atoms with Crippen LogP contribution in [0.2, 0.25) is 0 Å². The molecule has 1 aliphatic heterocycles. The Morgan fingerprint density at radius 3 is 2.44 bits per heavy atom. The number of aromatic hydroxyl groups is 1. The van der Waals surface area contributed by atoms with Crippen LogP contribution >= 0.6 is 0 Å². The molecule has 0 aromatic heterocycles. The minimum absolute atomic E-state index is 0.0633. The van der Waals surface area contributed by atoms with E-state index in [0.29, 0.717) is 11.8 Å². The Hall–Kier alpha value is -1.09. The Balaban J connectivity index is 2.17. The highest BCUT2D eigenvalue weighted by Crippen LogP contribution is 2.33. The van der Waals surface area contributed by atoms with Crippen molar-refractivity contribution >= 4 is 0 Å². The van der Waals surface area contributed by atoms with Gasteiger partial charge in [-0.1, -0.05) is 19.9 Å². The fourth-order valence-electron chi connectivity index (χ4n) is 3.09. The molecule has 0 aliphatic carbocycles. The molecule has 3 unspecified atom stereocenters. The topological polar surface area (TPSA) is 23.5 Å². The first kappa shape index (κ1) is 13.3. The first-order valence-corrected chi connectivity index (χ1v) is 6.69. The second kappa shape index (κ2) is 5.27. The molecule has 18 heavy (non-hydrogen) atoms. The van der Waals surface area contributed by atoms with E-state index < -0.39 is 0 Å². The minimum atomic E-state index is -0.385. The van der Waals surface area contributed by atoms with E-state index in [9.17, 15) is 9.50 Å². The summed E-state index contributed by atoms with van der Waals surface area (Å²) < 4.78 is 13.0. The van der Waals surface area contributed by atoms with Gasteiger partial charge >= 0.3 is 0 Å². The van der Waals surface area contributed by atoms with Gasteiger partial charge in [0.15, 0.2) is 0 Å². The zero-order valence-corrected chi connectivity index (χ0v) is 11.4. The van der Waals surface area contributed by atoms with Gasteiger partial charge in [0.25, 0.3) is 0 Å². The predicted octanol–water partition coefficient (Wildman–Crippen LogP) is 3.57. The summed E-state index contributed by atoms with van der Waals surface area (Å²) in [6.07, 6.45) is 1.26. The van der Waals surface area contributed by atoms with Crippen molar-refractivity contribution in [1.29, 1.82) is 0 Å². The lowest BCUT2D eigenvalue weighted by Gasteiger charge is -2.39. The molecule has 1 aromatic carbocycles. The maximum atomic E-state index is 13.0. The molecular weight excluding hydrogens is 229 g/mol. The fraction of sp³-hybridized carbons (Fsp3) is 0.600. The molecule has 3 atom stereocenters. The minimum Gasteiger partial charge on any atom is -0.508 e. The van der Waals surface area contributed by atoms with Gasteiger partial charge in [-0.2, -0.15) is 0 Å². The van der Waals surface area contributed by atoms with Crippen LogP contribution in [-0.2, 0) is 0 Å². The van der Waals surface area contributed by atoms with Gasteiger partial charge in [0.1, 0.15) is 11.6 Å². The van der Waals surface area contributed by atoms with Gasteiger partial charge < -0.3 is 5.11 Å². The van der Waals surface area contributed by atoms with Crippen LogP contribution in [0.15, 0.2) is 18.2 Å². The number of hydrogen-bond donors (Lipinski definition) is 1. The number of likely N-dealkylation sites (tertiary alicyclic amines) is 1. The van der Waals surface area contributed by atoms with E-state index in [1.54, 1.807) is 6.07 Å². The summed E-state index contributed by atoms with van der Waals surface area (Å²) in [5, 5.41) is 9.86. The third-order valence-electron chi connectivity index (χ3n) is 3.89. The molecule has 2 nitrogen and oxygen atoms in total. The average molecular weight is 251 g/mol. The van der Waals surface area contributed by atoms with E-state index in [1.165, 1.54) is 18.6 Å². The van der Waals surface area contributed by atoms with E-state index in [0.717, 1.165) is 18.7 Å². The first-order chi connectivity index (χ1) is 8.47. The molecule has 1 N–H and O–H groups in total. The van der Waals surface area contributed by atoms with Gasteiger partial charge in [0, 0.05) is 30.8 Å². The number of piperidine rings is 1. The van der Waals surface area contributed by atoms with Crippen molar-refractivity contribution in [3.05, 3.63) is 29.6 Å². The van der Waals surface area contributed by atoms with Crippen LogP contribution in [-0.4, -0.2) is 23.1 Å². The van der Waals surface area contributed by atoms with Crippen molar-refractivity contribution < 1.29 is 9.50 Å². The molecule has 0 saturated carbocycles. The number of hydrogen-bond acceptors (Lipinski definition) is 2. The molecule has 1 aromatic rings. The second-order valence-corrected chi connectivity index (χ2v) is 5.78. The quantitative estimate of drug-likeness (QED) is 0.868. The molecule has 2 rings (SSSR count). The van der Waals surface area contributed by atoms with Gasteiger partial charge in [0.2, 0.25) is 0 Å². The highest BCUT2D eigenvalue weighted by molar-refractivity contribution is 5.35. The molecule has 1 saturated heterocycles. The zero-order chi connectivity index (χ0) is 13.3. The van der Waals surface area contributed by atoms with Gasteiger partial charge in [-0.25, -0.2) is 4.39 Å². The molecule has 0 amide bonds. The lowest BCUT2D eigenvalue weighted by Crippen LogP contribution is -2.40. The fourth-order valence-corrected chi connectivity index (χ4v) is 3.09. The number of nitrogens with zero attached hydrogens (tertiary/aromatic N) is 1. The number of benzene rings is 1. The largest absolute Gasteiger partial charge is 0.508 e. The highest BCUT2D eigenvalue weighted by Gasteiger charge is 2.27. The van der Waals surface area contributed by atoms with Crippen molar-refractivity contribution in [1.82, 2.24) is 4.90 Å². The highest BCUT2D eigenvalue weighted by atomic mass is 19.1. The molecule has 1 heterocycles. The smallest absolute Gasteiger partial charge is 0.126 e. The molecule has 100 valence electrons. The molecule has 1 aliphatic rings. The number of halogens is 1. The van der Waals surface area contributed by atoms with Crippen LogP contribution in [0.1, 0.15) is 38.8 Å². The zero-order valence-electron chi connectivity index (χ0n) is 11.4. The summed E-state index contributed by atoms with van der Waals surface area (Å²) in [6.45, 7) is 8.70. The lowest BCUT2D eigenvalue weighted by atomic mass is 9.90. The SMILES string of the molecule is CC1CC(C)CN(C(C)c2ccc(F)cc2O)C1. The van der Waals surface area contributed by atoms with Crippen LogP contribution in [0.25, 0.3) is 0 Å². The number of rotatable bonds is 2. The Bertz CT molecular complexity index is 411. The molecule has 3 heteroatoms. The molecule has 0 radical (unpaired) electrons. The van der Waals surface area contributed by atoms with E-state index in [1.807, 2.05) is 0 Å². The van der Waals surface area contributed by atoms with Gasteiger partial charge in [-0.05, 0) is 31.2 Å². The van der Waals surface area contributed by atoms with E-state index in [2.05, 4.69) is 25.7 Å². The maximum Gasteiger partial charge on any atom is 0.126 e. The van der Waals surface area contributed by atoms with Gasteiger partial charge in [-0.3, -0.25) is 4.90 Å². The maximum absolute atomic E-state index is 13.0. The van der Waals surface area contributed by atoms with Crippen molar-refractivity contribution in [3.8, 4) is 5.75 Å². The summed E-state index contributed by atoms with van der Waals surface area (Å²) >= 11 is 0. The summed E-state index contributed by atoms with van der Waals surface area (Å²) in [7, 11) is 0.